The molecule has 0 amide bonds. The molecule has 2 heteroatoms. The van der Waals surface area contributed by atoms with E-state index in [0.717, 1.165) is 31.9 Å². The van der Waals surface area contributed by atoms with Gasteiger partial charge in [0.1, 0.15) is 5.75 Å². The van der Waals surface area contributed by atoms with Gasteiger partial charge in [-0.25, -0.2) is 0 Å². The molecule has 1 N–H and O–H groups in total. The van der Waals surface area contributed by atoms with Crippen LogP contribution in [0.3, 0.4) is 0 Å². The first kappa shape index (κ1) is 13.0. The Morgan fingerprint density at radius 1 is 1.19 bits per heavy atom. The molecule has 0 unspecified atom stereocenters. The van der Waals surface area contributed by atoms with Gasteiger partial charge in [0.15, 0.2) is 0 Å². The lowest BCUT2D eigenvalue weighted by molar-refractivity contribution is 0.306. The number of aryl methyl sites for hydroxylation is 2. The Balaban J connectivity index is 2.21. The molecule has 0 saturated heterocycles. The van der Waals surface area contributed by atoms with Gasteiger partial charge in [-0.2, -0.15) is 0 Å². The maximum absolute atomic E-state index is 5.73. The summed E-state index contributed by atoms with van der Waals surface area (Å²) in [6, 6.07) is 6.31. The van der Waals surface area contributed by atoms with Crippen molar-refractivity contribution in [3.8, 4) is 5.75 Å². The summed E-state index contributed by atoms with van der Waals surface area (Å²) in [6.07, 6.45) is 2.26. The van der Waals surface area contributed by atoms with Crippen molar-refractivity contribution in [1.29, 1.82) is 0 Å². The van der Waals surface area contributed by atoms with Crippen LogP contribution in [0.15, 0.2) is 18.2 Å². The molecule has 0 aliphatic heterocycles. The molecule has 1 aromatic carbocycles. The Hall–Kier alpha value is -1.02. The van der Waals surface area contributed by atoms with Crippen molar-refractivity contribution < 1.29 is 4.74 Å². The Bertz CT molecular complexity index is 310. The third kappa shape index (κ3) is 4.67. The fourth-order valence-corrected chi connectivity index (χ4v) is 1.64. The largest absolute Gasteiger partial charge is 0.493 e. The van der Waals surface area contributed by atoms with Gasteiger partial charge < -0.3 is 10.1 Å². The summed E-state index contributed by atoms with van der Waals surface area (Å²) in [6.45, 7) is 9.31. The molecule has 0 fully saturated rings. The van der Waals surface area contributed by atoms with Crippen molar-refractivity contribution >= 4 is 0 Å². The number of nitrogens with one attached hydrogen (secondary N) is 1. The smallest absolute Gasteiger partial charge is 0.122 e. The van der Waals surface area contributed by atoms with Gasteiger partial charge in [-0.1, -0.05) is 24.6 Å². The summed E-state index contributed by atoms with van der Waals surface area (Å²) in [7, 11) is 0. The van der Waals surface area contributed by atoms with Crippen molar-refractivity contribution in [2.24, 2.45) is 0 Å². The first-order valence-electron chi connectivity index (χ1n) is 6.15. The molecular weight excluding hydrogens is 198 g/mol. The predicted octanol–water partition coefficient (Wildman–Crippen LogP) is 3.07. The zero-order chi connectivity index (χ0) is 11.8. The third-order valence-electron chi connectivity index (χ3n) is 2.51. The van der Waals surface area contributed by atoms with E-state index in [1.165, 1.54) is 17.5 Å². The molecule has 0 spiro atoms. The van der Waals surface area contributed by atoms with Crippen LogP contribution in [-0.4, -0.2) is 19.7 Å². The van der Waals surface area contributed by atoms with Gasteiger partial charge in [-0.15, -0.1) is 0 Å². The molecule has 0 aliphatic carbocycles. The van der Waals surface area contributed by atoms with Gasteiger partial charge >= 0.3 is 0 Å². The topological polar surface area (TPSA) is 21.3 Å². The van der Waals surface area contributed by atoms with E-state index in [4.69, 9.17) is 4.74 Å². The summed E-state index contributed by atoms with van der Waals surface area (Å²) in [5.41, 5.74) is 2.51. The summed E-state index contributed by atoms with van der Waals surface area (Å²) < 4.78 is 5.73. The fourth-order valence-electron chi connectivity index (χ4n) is 1.64. The molecule has 1 aromatic rings. The second-order valence-corrected chi connectivity index (χ2v) is 4.22. The van der Waals surface area contributed by atoms with Gasteiger partial charge in [0.2, 0.25) is 0 Å². The maximum Gasteiger partial charge on any atom is 0.122 e. The van der Waals surface area contributed by atoms with Crippen molar-refractivity contribution in [3.05, 3.63) is 29.3 Å². The zero-order valence-electron chi connectivity index (χ0n) is 10.7. The van der Waals surface area contributed by atoms with Crippen LogP contribution in [-0.2, 0) is 0 Å². The van der Waals surface area contributed by atoms with Crippen molar-refractivity contribution in [2.75, 3.05) is 19.7 Å². The monoisotopic (exact) mass is 221 g/mol. The molecule has 0 radical (unpaired) electrons. The maximum atomic E-state index is 5.73. The van der Waals surface area contributed by atoms with Crippen LogP contribution in [0.2, 0.25) is 0 Å². The highest BCUT2D eigenvalue weighted by molar-refractivity contribution is 5.35. The van der Waals surface area contributed by atoms with Crippen LogP contribution >= 0.6 is 0 Å². The molecule has 0 aliphatic rings. The molecule has 0 bridgehead atoms. The lowest BCUT2D eigenvalue weighted by Gasteiger charge is -2.09. The molecule has 2 nitrogen and oxygen atoms in total. The molecule has 90 valence electrons. The van der Waals surface area contributed by atoms with E-state index in [9.17, 15) is 0 Å². The van der Waals surface area contributed by atoms with Gasteiger partial charge in [0, 0.05) is 0 Å². The molecule has 0 atom stereocenters. The second kappa shape index (κ2) is 7.29. The molecule has 0 saturated carbocycles. The first-order chi connectivity index (χ1) is 7.74. The van der Waals surface area contributed by atoms with E-state index in [1.807, 2.05) is 0 Å². The van der Waals surface area contributed by atoms with E-state index in [0.29, 0.717) is 0 Å². The van der Waals surface area contributed by atoms with E-state index in [-0.39, 0.29) is 0 Å². The van der Waals surface area contributed by atoms with Crippen LogP contribution in [0.25, 0.3) is 0 Å². The summed E-state index contributed by atoms with van der Waals surface area (Å²) in [5, 5.41) is 3.37. The van der Waals surface area contributed by atoms with E-state index < -0.39 is 0 Å². The summed E-state index contributed by atoms with van der Waals surface area (Å²) in [4.78, 5) is 0. The van der Waals surface area contributed by atoms with Crippen molar-refractivity contribution in [2.45, 2.75) is 33.6 Å². The molecule has 0 heterocycles. The van der Waals surface area contributed by atoms with Crippen molar-refractivity contribution in [1.82, 2.24) is 5.32 Å². The molecule has 16 heavy (non-hydrogen) atoms. The Morgan fingerprint density at radius 3 is 2.69 bits per heavy atom. The third-order valence-corrected chi connectivity index (χ3v) is 2.51. The van der Waals surface area contributed by atoms with Crippen LogP contribution in [0.5, 0.6) is 5.75 Å². The minimum absolute atomic E-state index is 0.792. The van der Waals surface area contributed by atoms with E-state index in [2.05, 4.69) is 44.3 Å². The number of hydrogen-bond donors (Lipinski definition) is 1. The van der Waals surface area contributed by atoms with Crippen molar-refractivity contribution in [3.63, 3.8) is 0 Å². The number of benzene rings is 1. The Kier molecular flexibility index (Phi) is 5.94. The quantitative estimate of drug-likeness (QED) is 0.714. The van der Waals surface area contributed by atoms with E-state index in [1.54, 1.807) is 0 Å². The first-order valence-corrected chi connectivity index (χ1v) is 6.15. The van der Waals surface area contributed by atoms with Gasteiger partial charge in [0.05, 0.1) is 6.61 Å². The molecule has 1 rings (SSSR count). The lowest BCUT2D eigenvalue weighted by atomic mass is 10.1. The highest BCUT2D eigenvalue weighted by Crippen LogP contribution is 2.18. The normalized spacial score (nSPS) is 10.4. The average molecular weight is 221 g/mol. The van der Waals surface area contributed by atoms with Crippen LogP contribution in [0.4, 0.5) is 0 Å². The average Bonchev–Trinajstić information content (AvgIpc) is 2.26. The lowest BCUT2D eigenvalue weighted by Crippen LogP contribution is -2.18. The molecule has 0 aromatic heterocycles. The number of rotatable bonds is 7. The minimum atomic E-state index is 0.792. The second-order valence-electron chi connectivity index (χ2n) is 4.22. The highest BCUT2D eigenvalue weighted by atomic mass is 16.5. The Labute approximate surface area is 99.0 Å². The summed E-state index contributed by atoms with van der Waals surface area (Å²) in [5.74, 6) is 1.01. The minimum Gasteiger partial charge on any atom is -0.493 e. The predicted molar refractivity (Wildman–Crippen MR) is 69.2 cm³/mol. The molecular formula is C14H23NO. The zero-order valence-corrected chi connectivity index (χ0v) is 10.7. The van der Waals surface area contributed by atoms with Gasteiger partial charge in [0.25, 0.3) is 0 Å². The fraction of sp³-hybridized carbons (Fsp3) is 0.571. The SMILES string of the molecule is CCCNCCCOc1ccc(C)cc1C. The standard InChI is InChI=1S/C14H23NO/c1-4-8-15-9-5-10-16-14-7-6-12(2)11-13(14)3/h6-7,11,15H,4-5,8-10H2,1-3H3. The highest BCUT2D eigenvalue weighted by Gasteiger charge is 1.98. The van der Waals surface area contributed by atoms with Crippen LogP contribution < -0.4 is 10.1 Å². The summed E-state index contributed by atoms with van der Waals surface area (Å²) >= 11 is 0. The van der Waals surface area contributed by atoms with Crippen LogP contribution in [0.1, 0.15) is 30.9 Å². The number of hydrogen-bond acceptors (Lipinski definition) is 2. The van der Waals surface area contributed by atoms with E-state index >= 15 is 0 Å². The van der Waals surface area contributed by atoms with Gasteiger partial charge in [-0.3, -0.25) is 0 Å². The number of ether oxygens (including phenoxy) is 1. The Morgan fingerprint density at radius 2 is 2.00 bits per heavy atom. The van der Waals surface area contributed by atoms with Crippen LogP contribution in [0, 0.1) is 13.8 Å². The van der Waals surface area contributed by atoms with Gasteiger partial charge in [-0.05, 0) is 51.4 Å².